The Morgan fingerprint density at radius 1 is 1.05 bits per heavy atom. The highest BCUT2D eigenvalue weighted by atomic mass is 16.5. The maximum Gasteiger partial charge on any atom is 0.230 e. The van der Waals surface area contributed by atoms with Crippen molar-refractivity contribution in [3.63, 3.8) is 0 Å². The van der Waals surface area contributed by atoms with Gasteiger partial charge in [-0.3, -0.25) is 0 Å². The third-order valence-corrected chi connectivity index (χ3v) is 4.39. The summed E-state index contributed by atoms with van der Waals surface area (Å²) >= 11 is 0. The van der Waals surface area contributed by atoms with E-state index < -0.39 is 0 Å². The Morgan fingerprint density at radius 2 is 1.76 bits per heavy atom. The molecular formula is C15H23N5O. The minimum atomic E-state index is 0.310. The fraction of sp³-hybridized carbons (Fsp3) is 0.800. The summed E-state index contributed by atoms with van der Waals surface area (Å²) in [5, 5.41) is 3.41. The van der Waals surface area contributed by atoms with E-state index in [0.717, 1.165) is 43.7 Å². The van der Waals surface area contributed by atoms with Crippen LogP contribution < -0.4 is 10.2 Å². The Hall–Kier alpha value is -1.43. The fourth-order valence-electron chi connectivity index (χ4n) is 3.03. The first-order chi connectivity index (χ1) is 10.2. The van der Waals surface area contributed by atoms with Gasteiger partial charge < -0.3 is 15.0 Å². The molecule has 6 nitrogen and oxygen atoms in total. The van der Waals surface area contributed by atoms with E-state index in [1.807, 2.05) is 0 Å². The second-order valence-electron chi connectivity index (χ2n) is 6.75. The van der Waals surface area contributed by atoms with Gasteiger partial charge >= 0.3 is 0 Å². The maximum absolute atomic E-state index is 5.90. The lowest BCUT2D eigenvalue weighted by Gasteiger charge is -2.32. The van der Waals surface area contributed by atoms with Crippen LogP contribution in [0.3, 0.4) is 0 Å². The number of nitrogens with one attached hydrogen (secondary N) is 1. The highest BCUT2D eigenvalue weighted by molar-refractivity contribution is 5.40. The molecule has 0 aromatic carbocycles. The lowest BCUT2D eigenvalue weighted by Crippen LogP contribution is -2.43. The molecule has 2 aliphatic heterocycles. The van der Waals surface area contributed by atoms with E-state index in [1.165, 1.54) is 12.8 Å². The van der Waals surface area contributed by atoms with Gasteiger partial charge in [0.15, 0.2) is 0 Å². The highest BCUT2D eigenvalue weighted by Gasteiger charge is 2.35. The molecule has 0 amide bonds. The van der Waals surface area contributed by atoms with E-state index in [4.69, 9.17) is 4.74 Å². The van der Waals surface area contributed by atoms with E-state index in [2.05, 4.69) is 39.0 Å². The van der Waals surface area contributed by atoms with Gasteiger partial charge in [0.1, 0.15) is 5.82 Å². The van der Waals surface area contributed by atoms with Crippen LogP contribution in [0.4, 0.5) is 11.9 Å². The smallest absolute Gasteiger partial charge is 0.230 e. The van der Waals surface area contributed by atoms with Gasteiger partial charge in [0.2, 0.25) is 11.9 Å². The zero-order chi connectivity index (χ0) is 14.4. The lowest BCUT2D eigenvalue weighted by atomic mass is 10.2. The molecule has 1 N–H and O–H groups in total. The molecule has 2 bridgehead atoms. The molecular weight excluding hydrogens is 266 g/mol. The van der Waals surface area contributed by atoms with Crippen molar-refractivity contribution in [1.29, 1.82) is 0 Å². The maximum atomic E-state index is 5.90. The third-order valence-electron chi connectivity index (χ3n) is 4.39. The average Bonchev–Trinajstić information content (AvgIpc) is 3.22. The minimum absolute atomic E-state index is 0.310. The van der Waals surface area contributed by atoms with Gasteiger partial charge in [-0.1, -0.05) is 13.8 Å². The zero-order valence-electron chi connectivity index (χ0n) is 12.7. The first kappa shape index (κ1) is 13.2. The highest BCUT2D eigenvalue weighted by Crippen LogP contribution is 2.29. The molecule has 2 saturated heterocycles. The summed E-state index contributed by atoms with van der Waals surface area (Å²) in [5.74, 6) is 2.74. The summed E-state index contributed by atoms with van der Waals surface area (Å²) in [7, 11) is 0. The van der Waals surface area contributed by atoms with Crippen LogP contribution in [0.25, 0.3) is 0 Å². The van der Waals surface area contributed by atoms with Crippen LogP contribution in [0.15, 0.2) is 0 Å². The van der Waals surface area contributed by atoms with Gasteiger partial charge in [-0.05, 0) is 25.7 Å². The van der Waals surface area contributed by atoms with Gasteiger partial charge in [0.25, 0.3) is 0 Å². The SMILES string of the molecule is CC(C)c1nc(NC2CC2)nc(N2CC3CCC(C2)O3)n1. The van der Waals surface area contributed by atoms with Crippen LogP contribution in [0.5, 0.6) is 0 Å². The minimum Gasteiger partial charge on any atom is -0.371 e. The molecule has 0 spiro atoms. The number of aromatic nitrogens is 3. The lowest BCUT2D eigenvalue weighted by molar-refractivity contribution is 0.0299. The first-order valence-electron chi connectivity index (χ1n) is 8.10. The largest absolute Gasteiger partial charge is 0.371 e. The summed E-state index contributed by atoms with van der Waals surface area (Å²) < 4.78 is 5.90. The molecule has 21 heavy (non-hydrogen) atoms. The van der Waals surface area contributed by atoms with Crippen LogP contribution in [0.2, 0.25) is 0 Å². The van der Waals surface area contributed by atoms with Gasteiger partial charge in [-0.15, -0.1) is 0 Å². The number of ether oxygens (including phenoxy) is 1. The van der Waals surface area contributed by atoms with E-state index in [-0.39, 0.29) is 0 Å². The monoisotopic (exact) mass is 289 g/mol. The number of morpholine rings is 1. The van der Waals surface area contributed by atoms with Crippen molar-refractivity contribution in [2.75, 3.05) is 23.3 Å². The topological polar surface area (TPSA) is 63.2 Å². The number of fused-ring (bicyclic) bond motifs is 2. The Kier molecular flexibility index (Phi) is 3.21. The Balaban J connectivity index is 1.61. The summed E-state index contributed by atoms with van der Waals surface area (Å²) in [4.78, 5) is 16.2. The summed E-state index contributed by atoms with van der Waals surface area (Å²) in [6.45, 7) is 6.06. The molecule has 3 aliphatic rings. The first-order valence-corrected chi connectivity index (χ1v) is 8.10. The molecule has 3 fully saturated rings. The summed E-state index contributed by atoms with van der Waals surface area (Å²) in [6, 6.07) is 0.557. The molecule has 114 valence electrons. The predicted molar refractivity (Wildman–Crippen MR) is 80.7 cm³/mol. The van der Waals surface area contributed by atoms with E-state index in [1.54, 1.807) is 0 Å². The van der Waals surface area contributed by atoms with Crippen molar-refractivity contribution >= 4 is 11.9 Å². The van der Waals surface area contributed by atoms with Crippen molar-refractivity contribution in [2.24, 2.45) is 0 Å². The number of hydrogen-bond acceptors (Lipinski definition) is 6. The van der Waals surface area contributed by atoms with Gasteiger partial charge in [-0.25, -0.2) is 0 Å². The molecule has 3 heterocycles. The van der Waals surface area contributed by atoms with Crippen molar-refractivity contribution < 1.29 is 4.74 Å². The Morgan fingerprint density at radius 3 is 2.38 bits per heavy atom. The fourth-order valence-corrected chi connectivity index (χ4v) is 3.03. The molecule has 6 heteroatoms. The van der Waals surface area contributed by atoms with E-state index in [0.29, 0.717) is 24.2 Å². The summed E-state index contributed by atoms with van der Waals surface area (Å²) in [5.41, 5.74) is 0. The second-order valence-corrected chi connectivity index (χ2v) is 6.75. The van der Waals surface area contributed by atoms with Crippen LogP contribution in [0, 0.1) is 0 Å². The van der Waals surface area contributed by atoms with Crippen LogP contribution in [-0.2, 0) is 4.74 Å². The molecule has 1 aromatic heterocycles. The van der Waals surface area contributed by atoms with E-state index in [9.17, 15) is 0 Å². The normalized spacial score (nSPS) is 28.2. The number of anilines is 2. The Labute approximate surface area is 125 Å². The summed E-state index contributed by atoms with van der Waals surface area (Å²) in [6.07, 6.45) is 5.47. The van der Waals surface area contributed by atoms with Crippen molar-refractivity contribution in [3.05, 3.63) is 5.82 Å². The van der Waals surface area contributed by atoms with Crippen molar-refractivity contribution in [1.82, 2.24) is 15.0 Å². The van der Waals surface area contributed by atoms with Crippen LogP contribution in [-0.4, -0.2) is 46.3 Å². The number of rotatable bonds is 4. The third kappa shape index (κ3) is 2.81. The average molecular weight is 289 g/mol. The van der Waals surface area contributed by atoms with Crippen LogP contribution >= 0.6 is 0 Å². The van der Waals surface area contributed by atoms with Gasteiger partial charge in [-0.2, -0.15) is 15.0 Å². The van der Waals surface area contributed by atoms with Crippen LogP contribution in [0.1, 0.15) is 51.3 Å². The molecule has 2 atom stereocenters. The second kappa shape index (κ2) is 5.09. The van der Waals surface area contributed by atoms with Crippen molar-refractivity contribution in [3.8, 4) is 0 Å². The molecule has 4 rings (SSSR count). The quantitative estimate of drug-likeness (QED) is 0.914. The van der Waals surface area contributed by atoms with E-state index >= 15 is 0 Å². The van der Waals surface area contributed by atoms with Crippen molar-refractivity contribution in [2.45, 2.75) is 63.7 Å². The molecule has 1 saturated carbocycles. The van der Waals surface area contributed by atoms with Gasteiger partial charge in [0, 0.05) is 25.0 Å². The standard InChI is InChI=1S/C15H23N5O/c1-9(2)13-17-14(16-10-3-4-10)19-15(18-13)20-7-11-5-6-12(8-20)21-11/h9-12H,3-8H2,1-2H3,(H,16,17,18,19). The zero-order valence-corrected chi connectivity index (χ0v) is 12.7. The van der Waals surface area contributed by atoms with Gasteiger partial charge in [0.05, 0.1) is 12.2 Å². The molecule has 1 aliphatic carbocycles. The Bertz CT molecular complexity index is 519. The predicted octanol–water partition coefficient (Wildman–Crippen LogP) is 1.94. The number of nitrogens with zero attached hydrogens (tertiary/aromatic N) is 4. The molecule has 1 aromatic rings. The molecule has 0 radical (unpaired) electrons. The number of hydrogen-bond donors (Lipinski definition) is 1. The molecule has 2 unspecified atom stereocenters.